The molecule has 0 fully saturated rings. The Labute approximate surface area is 189 Å². The van der Waals surface area contributed by atoms with Crippen molar-refractivity contribution in [3.8, 4) is 45.0 Å². The minimum Gasteiger partial charge on any atom is -0.228 e. The monoisotopic (exact) mass is 438 g/mol. The van der Waals surface area contributed by atoms with Gasteiger partial charge in [-0.25, -0.2) is 23.1 Å². The summed E-state index contributed by atoms with van der Waals surface area (Å²) in [4.78, 5) is 9.20. The van der Waals surface area contributed by atoms with Crippen molar-refractivity contribution in [3.63, 3.8) is 0 Å². The smallest absolute Gasteiger partial charge is 0.194 e. The van der Waals surface area contributed by atoms with Crippen LogP contribution < -0.4 is 0 Å². The topological polar surface area (TPSA) is 25.8 Å². The highest BCUT2D eigenvalue weighted by molar-refractivity contribution is 5.74. The van der Waals surface area contributed by atoms with Crippen LogP contribution in [0.4, 0.5) is 13.2 Å². The molecule has 5 rings (SSSR count). The fourth-order valence-electron chi connectivity index (χ4n) is 3.63. The quantitative estimate of drug-likeness (QED) is 0.271. The van der Waals surface area contributed by atoms with E-state index in [1.807, 2.05) is 84.9 Å². The van der Waals surface area contributed by atoms with Gasteiger partial charge in [0.25, 0.3) is 0 Å². The molecule has 0 amide bonds. The molecule has 33 heavy (non-hydrogen) atoms. The Morgan fingerprint density at radius 1 is 0.424 bits per heavy atom. The van der Waals surface area contributed by atoms with Crippen molar-refractivity contribution < 1.29 is 13.2 Å². The lowest BCUT2D eigenvalue weighted by molar-refractivity contribution is 0.447. The van der Waals surface area contributed by atoms with E-state index in [4.69, 9.17) is 4.98 Å². The Morgan fingerprint density at radius 3 is 1.45 bits per heavy atom. The molecule has 0 atom stereocenters. The molecule has 0 aliphatic carbocycles. The lowest BCUT2D eigenvalue weighted by Crippen LogP contribution is -1.98. The van der Waals surface area contributed by atoms with Gasteiger partial charge >= 0.3 is 0 Å². The van der Waals surface area contributed by atoms with Gasteiger partial charge in [-0.05, 0) is 29.3 Å². The van der Waals surface area contributed by atoms with Gasteiger partial charge < -0.3 is 0 Å². The summed E-state index contributed by atoms with van der Waals surface area (Å²) >= 11 is 0. The SMILES string of the molecule is Fc1cc(-c2cc(-c3ccc(-c4ccccc4)cc3)nc(-c3ccccc3)n2)cc(F)c1F. The highest BCUT2D eigenvalue weighted by atomic mass is 19.2. The van der Waals surface area contributed by atoms with E-state index in [1.54, 1.807) is 6.07 Å². The van der Waals surface area contributed by atoms with Gasteiger partial charge in [0.05, 0.1) is 11.4 Å². The van der Waals surface area contributed by atoms with E-state index < -0.39 is 17.5 Å². The van der Waals surface area contributed by atoms with E-state index in [9.17, 15) is 13.2 Å². The van der Waals surface area contributed by atoms with Crippen LogP contribution in [0.3, 0.4) is 0 Å². The molecule has 0 N–H and O–H groups in total. The normalized spacial score (nSPS) is 10.9. The first kappa shape index (κ1) is 20.6. The van der Waals surface area contributed by atoms with Crippen LogP contribution in [0.5, 0.6) is 0 Å². The molecule has 5 heteroatoms. The maximum atomic E-state index is 13.9. The highest BCUT2D eigenvalue weighted by Gasteiger charge is 2.15. The fourth-order valence-corrected chi connectivity index (χ4v) is 3.63. The van der Waals surface area contributed by atoms with Gasteiger partial charge in [0.2, 0.25) is 0 Å². The lowest BCUT2D eigenvalue weighted by atomic mass is 10.0. The molecule has 0 radical (unpaired) electrons. The van der Waals surface area contributed by atoms with Gasteiger partial charge in [0.1, 0.15) is 0 Å². The third-order valence-electron chi connectivity index (χ3n) is 5.33. The highest BCUT2D eigenvalue weighted by Crippen LogP contribution is 2.30. The van der Waals surface area contributed by atoms with Crippen molar-refractivity contribution in [2.75, 3.05) is 0 Å². The van der Waals surface area contributed by atoms with Crippen LogP contribution in [0.2, 0.25) is 0 Å². The molecule has 0 saturated heterocycles. The lowest BCUT2D eigenvalue weighted by Gasteiger charge is -2.10. The van der Waals surface area contributed by atoms with Crippen LogP contribution >= 0.6 is 0 Å². The van der Waals surface area contributed by atoms with Crippen LogP contribution in [-0.4, -0.2) is 9.97 Å². The molecule has 1 heterocycles. The van der Waals surface area contributed by atoms with E-state index >= 15 is 0 Å². The van der Waals surface area contributed by atoms with Crippen molar-refractivity contribution in [1.82, 2.24) is 9.97 Å². The number of halogens is 3. The zero-order valence-electron chi connectivity index (χ0n) is 17.3. The zero-order chi connectivity index (χ0) is 22.8. The second-order valence-electron chi connectivity index (χ2n) is 7.53. The first-order valence-electron chi connectivity index (χ1n) is 10.3. The average Bonchev–Trinajstić information content (AvgIpc) is 2.88. The van der Waals surface area contributed by atoms with Crippen molar-refractivity contribution in [3.05, 3.63) is 121 Å². The molecule has 2 nitrogen and oxygen atoms in total. The molecule has 0 spiro atoms. The van der Waals surface area contributed by atoms with Crippen molar-refractivity contribution in [2.24, 2.45) is 0 Å². The Bertz CT molecular complexity index is 1390. The van der Waals surface area contributed by atoms with E-state index in [2.05, 4.69) is 4.98 Å². The first-order chi connectivity index (χ1) is 16.1. The van der Waals surface area contributed by atoms with Crippen LogP contribution in [0.25, 0.3) is 45.0 Å². The largest absolute Gasteiger partial charge is 0.228 e. The molecular formula is C28H17F3N2. The minimum absolute atomic E-state index is 0.133. The van der Waals surface area contributed by atoms with E-state index in [0.29, 0.717) is 17.2 Å². The maximum absolute atomic E-state index is 13.9. The second kappa shape index (κ2) is 8.71. The average molecular weight is 438 g/mol. The summed E-state index contributed by atoms with van der Waals surface area (Å²) in [6.07, 6.45) is 0. The minimum atomic E-state index is -1.51. The van der Waals surface area contributed by atoms with Gasteiger partial charge in [0.15, 0.2) is 23.3 Å². The molecule has 160 valence electrons. The summed E-state index contributed by atoms with van der Waals surface area (Å²) in [6.45, 7) is 0. The molecule has 0 bridgehead atoms. The molecular weight excluding hydrogens is 421 g/mol. The Morgan fingerprint density at radius 2 is 0.879 bits per heavy atom. The van der Waals surface area contributed by atoms with Gasteiger partial charge in [-0.3, -0.25) is 0 Å². The molecule has 4 aromatic carbocycles. The third-order valence-corrected chi connectivity index (χ3v) is 5.33. The number of hydrogen-bond donors (Lipinski definition) is 0. The van der Waals surface area contributed by atoms with E-state index in [0.717, 1.165) is 34.4 Å². The van der Waals surface area contributed by atoms with Gasteiger partial charge in [-0.2, -0.15) is 0 Å². The van der Waals surface area contributed by atoms with Crippen LogP contribution in [0.1, 0.15) is 0 Å². The van der Waals surface area contributed by atoms with E-state index in [-0.39, 0.29) is 5.56 Å². The van der Waals surface area contributed by atoms with Gasteiger partial charge in [0, 0.05) is 16.7 Å². The second-order valence-corrected chi connectivity index (χ2v) is 7.53. The van der Waals surface area contributed by atoms with Crippen LogP contribution in [0, 0.1) is 17.5 Å². The number of rotatable bonds is 4. The molecule has 0 aliphatic heterocycles. The number of benzene rings is 4. The molecule has 1 aromatic heterocycles. The molecule has 5 aromatic rings. The van der Waals surface area contributed by atoms with Crippen molar-refractivity contribution in [1.29, 1.82) is 0 Å². The standard InChI is InChI=1S/C28H17F3N2/c29-23-15-22(16-24(30)27(23)31)26-17-25(32-28(33-26)21-9-5-2-6-10-21)20-13-11-19(12-14-20)18-7-3-1-4-8-18/h1-17H. The summed E-state index contributed by atoms with van der Waals surface area (Å²) in [6, 6.07) is 30.7. The van der Waals surface area contributed by atoms with Crippen LogP contribution in [0.15, 0.2) is 103 Å². The van der Waals surface area contributed by atoms with Gasteiger partial charge in [-0.15, -0.1) is 0 Å². The summed E-state index contributed by atoms with van der Waals surface area (Å²) in [7, 11) is 0. The zero-order valence-corrected chi connectivity index (χ0v) is 17.3. The fraction of sp³-hybridized carbons (Fsp3) is 0. The first-order valence-corrected chi connectivity index (χ1v) is 10.3. The van der Waals surface area contributed by atoms with Crippen molar-refractivity contribution in [2.45, 2.75) is 0 Å². The number of nitrogens with zero attached hydrogens (tertiary/aromatic N) is 2. The summed E-state index contributed by atoms with van der Waals surface area (Å²) in [5.74, 6) is -3.63. The van der Waals surface area contributed by atoms with Gasteiger partial charge in [-0.1, -0.05) is 84.9 Å². The predicted octanol–water partition coefficient (Wildman–Crippen LogP) is 7.56. The summed E-state index contributed by atoms with van der Waals surface area (Å²) in [5, 5.41) is 0. The number of hydrogen-bond acceptors (Lipinski definition) is 2. The Kier molecular flexibility index (Phi) is 5.45. The predicted molar refractivity (Wildman–Crippen MR) is 124 cm³/mol. The summed E-state index contributed by atoms with van der Waals surface area (Å²) in [5.41, 5.74) is 4.73. The molecule has 0 unspecified atom stereocenters. The van der Waals surface area contributed by atoms with Crippen LogP contribution in [-0.2, 0) is 0 Å². The van der Waals surface area contributed by atoms with Crippen molar-refractivity contribution >= 4 is 0 Å². The summed E-state index contributed by atoms with van der Waals surface area (Å²) < 4.78 is 41.3. The Hall–Kier alpha value is -4.25. The van der Waals surface area contributed by atoms with E-state index in [1.165, 1.54) is 0 Å². The number of aromatic nitrogens is 2. The molecule has 0 saturated carbocycles. The Balaban J connectivity index is 1.63. The molecule has 0 aliphatic rings. The maximum Gasteiger partial charge on any atom is 0.194 e. The third kappa shape index (κ3) is 4.26.